The lowest BCUT2D eigenvalue weighted by molar-refractivity contribution is -0.141. The van der Waals surface area contributed by atoms with Gasteiger partial charge in [0.2, 0.25) is 5.91 Å². The van der Waals surface area contributed by atoms with Gasteiger partial charge in [0.25, 0.3) is 0 Å². The number of rotatable bonds is 8. The van der Waals surface area contributed by atoms with Gasteiger partial charge in [-0.2, -0.15) is 10.2 Å². The molecule has 0 bridgehead atoms. The number of carbonyl (C=O) groups is 2. The van der Waals surface area contributed by atoms with Gasteiger partial charge in [0.05, 0.1) is 24.2 Å². The molecule has 1 saturated carbocycles. The molecule has 1 aromatic heterocycles. The van der Waals surface area contributed by atoms with Gasteiger partial charge in [-0.05, 0) is 12.8 Å². The number of aliphatic carboxylic acids is 1. The summed E-state index contributed by atoms with van der Waals surface area (Å²) in [5.74, 6) is 1.05. The highest BCUT2D eigenvalue weighted by atomic mass is 16.4. The van der Waals surface area contributed by atoms with Crippen molar-refractivity contribution in [2.45, 2.75) is 56.3 Å². The van der Waals surface area contributed by atoms with Crippen LogP contribution in [-0.2, 0) is 9.59 Å². The van der Waals surface area contributed by atoms with E-state index in [0.717, 1.165) is 0 Å². The van der Waals surface area contributed by atoms with E-state index < -0.39 is 17.6 Å². The zero-order valence-electron chi connectivity index (χ0n) is 13.7. The molecule has 1 aliphatic carbocycles. The molecule has 2 N–H and O–H groups in total. The number of hydrogen-bond donors (Lipinski definition) is 2. The van der Waals surface area contributed by atoms with Crippen LogP contribution in [0.15, 0.2) is 22.6 Å². The Balaban J connectivity index is 1.55. The minimum atomic E-state index is -0.856. The summed E-state index contributed by atoms with van der Waals surface area (Å²) in [5, 5.41) is 28.0. The molecule has 1 fully saturated rings. The molecule has 3 rings (SSSR count). The third kappa shape index (κ3) is 4.02. The Morgan fingerprint density at radius 3 is 2.76 bits per heavy atom. The molecular weight excluding hydrogens is 324 g/mol. The van der Waals surface area contributed by atoms with Gasteiger partial charge >= 0.3 is 5.97 Å². The van der Waals surface area contributed by atoms with Crippen molar-refractivity contribution in [3.8, 4) is 12.3 Å². The fraction of sp³-hybridized carbons (Fsp3) is 0.625. The third-order valence-corrected chi connectivity index (χ3v) is 4.81. The van der Waals surface area contributed by atoms with Crippen molar-refractivity contribution in [1.82, 2.24) is 20.3 Å². The summed E-state index contributed by atoms with van der Waals surface area (Å²) in [6.07, 6.45) is 11.3. The van der Waals surface area contributed by atoms with Crippen LogP contribution >= 0.6 is 0 Å². The second kappa shape index (κ2) is 7.01. The second-order valence-electron chi connectivity index (χ2n) is 6.52. The Hall–Kier alpha value is -2.76. The van der Waals surface area contributed by atoms with Crippen LogP contribution in [-0.4, -0.2) is 43.7 Å². The van der Waals surface area contributed by atoms with Crippen LogP contribution in [0.3, 0.4) is 0 Å². The highest BCUT2D eigenvalue weighted by Crippen LogP contribution is 2.38. The summed E-state index contributed by atoms with van der Waals surface area (Å²) in [7, 11) is 0. The van der Waals surface area contributed by atoms with Crippen LogP contribution in [0.2, 0.25) is 0 Å². The molecule has 9 nitrogen and oxygen atoms in total. The number of terminal acetylenes is 1. The van der Waals surface area contributed by atoms with Gasteiger partial charge in [-0.15, -0.1) is 17.4 Å². The lowest BCUT2D eigenvalue weighted by Gasteiger charge is -2.21. The van der Waals surface area contributed by atoms with Crippen LogP contribution in [0.1, 0.15) is 44.6 Å². The highest BCUT2D eigenvalue weighted by molar-refractivity contribution is 5.77. The molecule has 2 heterocycles. The average Bonchev–Trinajstić information content (AvgIpc) is 2.99. The van der Waals surface area contributed by atoms with Crippen molar-refractivity contribution >= 4 is 11.9 Å². The molecule has 0 radical (unpaired) electrons. The molecule has 1 unspecified atom stereocenters. The Labute approximate surface area is 144 Å². The molecule has 3 atom stereocenters. The molecule has 2 aliphatic rings. The van der Waals surface area contributed by atoms with Gasteiger partial charge in [0.1, 0.15) is 0 Å². The molecule has 25 heavy (non-hydrogen) atoms. The maximum atomic E-state index is 12.3. The van der Waals surface area contributed by atoms with Crippen LogP contribution in [0, 0.1) is 18.3 Å². The quantitative estimate of drug-likeness (QED) is 0.685. The van der Waals surface area contributed by atoms with Gasteiger partial charge in [-0.3, -0.25) is 9.59 Å². The van der Waals surface area contributed by atoms with E-state index in [1.54, 1.807) is 10.9 Å². The number of amides is 1. The van der Waals surface area contributed by atoms with Gasteiger partial charge in [-0.1, -0.05) is 5.21 Å². The summed E-state index contributed by atoms with van der Waals surface area (Å²) < 4.78 is 1.62. The Morgan fingerprint density at radius 2 is 2.16 bits per heavy atom. The van der Waals surface area contributed by atoms with Crippen LogP contribution in [0.25, 0.3) is 0 Å². The first-order valence-electron chi connectivity index (χ1n) is 8.28. The fourth-order valence-electron chi connectivity index (χ4n) is 3.32. The minimum Gasteiger partial charge on any atom is -0.481 e. The molecule has 1 aliphatic heterocycles. The van der Waals surface area contributed by atoms with E-state index in [9.17, 15) is 14.7 Å². The molecule has 0 spiro atoms. The molecule has 1 aromatic rings. The van der Waals surface area contributed by atoms with Crippen molar-refractivity contribution in [3.05, 3.63) is 12.4 Å². The van der Waals surface area contributed by atoms with E-state index in [2.05, 4.69) is 31.8 Å². The van der Waals surface area contributed by atoms with E-state index in [0.29, 0.717) is 32.1 Å². The minimum absolute atomic E-state index is 0.140. The standard InChI is InChI=1S/C16H20N6O3/c1-2-3-5-16(19-20-16)6-4-14(23)18-12-9-11(15(24)25)10-13(12)22-8-7-17-21-22/h1,7-8,11-13H,3-6,9-10H2,(H,18,23)(H,24,25)/t11?,12-,13+/m1/s1. The Bertz CT molecular complexity index is 702. The van der Waals surface area contributed by atoms with Crippen molar-refractivity contribution in [3.63, 3.8) is 0 Å². The van der Waals surface area contributed by atoms with Crippen LogP contribution in [0.5, 0.6) is 0 Å². The number of hydrogen-bond acceptors (Lipinski definition) is 6. The summed E-state index contributed by atoms with van der Waals surface area (Å²) in [4.78, 5) is 23.6. The van der Waals surface area contributed by atoms with Gasteiger partial charge in [-0.25, -0.2) is 4.68 Å². The van der Waals surface area contributed by atoms with E-state index in [-0.39, 0.29) is 24.4 Å². The smallest absolute Gasteiger partial charge is 0.306 e. The summed E-state index contributed by atoms with van der Waals surface area (Å²) in [6.45, 7) is 0. The average molecular weight is 344 g/mol. The molecule has 0 saturated heterocycles. The normalized spacial score (nSPS) is 26.1. The van der Waals surface area contributed by atoms with E-state index in [1.165, 1.54) is 6.20 Å². The van der Waals surface area contributed by atoms with Crippen molar-refractivity contribution in [2.24, 2.45) is 16.1 Å². The van der Waals surface area contributed by atoms with E-state index in [1.807, 2.05) is 0 Å². The van der Waals surface area contributed by atoms with Crippen LogP contribution in [0.4, 0.5) is 0 Å². The SMILES string of the molecule is C#CCCC1(CCC(=O)N[C@@H]2CC(C(=O)O)C[C@@H]2n2ccnn2)N=N1. The van der Waals surface area contributed by atoms with Crippen molar-refractivity contribution in [1.29, 1.82) is 0 Å². The maximum Gasteiger partial charge on any atom is 0.306 e. The van der Waals surface area contributed by atoms with Crippen molar-refractivity contribution in [2.75, 3.05) is 0 Å². The maximum absolute atomic E-state index is 12.3. The first-order chi connectivity index (χ1) is 12.0. The number of carbonyl (C=O) groups excluding carboxylic acids is 1. The molecular formula is C16H20N6O3. The van der Waals surface area contributed by atoms with Gasteiger partial charge in [0, 0.05) is 31.9 Å². The fourth-order valence-corrected chi connectivity index (χ4v) is 3.32. The number of carboxylic acids is 1. The summed E-state index contributed by atoms with van der Waals surface area (Å²) in [6, 6.07) is -0.497. The van der Waals surface area contributed by atoms with E-state index in [4.69, 9.17) is 6.42 Å². The summed E-state index contributed by atoms with van der Waals surface area (Å²) >= 11 is 0. The van der Waals surface area contributed by atoms with Crippen LogP contribution < -0.4 is 5.32 Å². The number of nitrogens with one attached hydrogen (secondary N) is 1. The lowest BCUT2D eigenvalue weighted by Crippen LogP contribution is -2.39. The molecule has 0 aromatic carbocycles. The first-order valence-corrected chi connectivity index (χ1v) is 8.28. The second-order valence-corrected chi connectivity index (χ2v) is 6.52. The van der Waals surface area contributed by atoms with E-state index >= 15 is 0 Å². The molecule has 1 amide bonds. The van der Waals surface area contributed by atoms with Gasteiger partial charge < -0.3 is 10.4 Å². The monoisotopic (exact) mass is 344 g/mol. The van der Waals surface area contributed by atoms with Gasteiger partial charge in [0.15, 0.2) is 5.66 Å². The number of aromatic nitrogens is 3. The first kappa shape index (κ1) is 17.1. The largest absolute Gasteiger partial charge is 0.481 e. The number of carboxylic acid groups (broad SMARTS) is 1. The molecule has 9 heteroatoms. The summed E-state index contributed by atoms with van der Waals surface area (Å²) in [5.41, 5.74) is -0.492. The Kier molecular flexibility index (Phi) is 4.79. The third-order valence-electron chi connectivity index (χ3n) is 4.81. The topological polar surface area (TPSA) is 122 Å². The lowest BCUT2D eigenvalue weighted by atomic mass is 10.0. The van der Waals surface area contributed by atoms with Crippen molar-refractivity contribution < 1.29 is 14.7 Å². The molecule has 132 valence electrons. The predicted octanol–water partition coefficient (Wildman–Crippen LogP) is 1.15. The highest BCUT2D eigenvalue weighted by Gasteiger charge is 2.42. The zero-order valence-corrected chi connectivity index (χ0v) is 13.7. The Morgan fingerprint density at radius 1 is 1.36 bits per heavy atom. The predicted molar refractivity (Wildman–Crippen MR) is 86.2 cm³/mol. The number of nitrogens with zero attached hydrogens (tertiary/aromatic N) is 5. The zero-order chi connectivity index (χ0) is 17.9.